The Labute approximate surface area is 207 Å². The molecule has 6 fully saturated rings. The van der Waals surface area contributed by atoms with Crippen molar-refractivity contribution >= 4 is 5.78 Å². The van der Waals surface area contributed by atoms with Crippen LogP contribution < -0.4 is 0 Å². The number of ketones is 1. The number of carbonyl (C=O) groups excluding carboxylic acids is 1. The second-order valence-electron chi connectivity index (χ2n) is 13.8. The van der Waals surface area contributed by atoms with Crippen molar-refractivity contribution in [2.24, 2.45) is 34.5 Å². The van der Waals surface area contributed by atoms with Crippen molar-refractivity contribution in [3.63, 3.8) is 0 Å². The molecule has 35 heavy (non-hydrogen) atoms. The number of aliphatic hydroxyl groups excluding tert-OH is 1. The van der Waals surface area contributed by atoms with Gasteiger partial charge in [0.15, 0.2) is 12.1 Å². The summed E-state index contributed by atoms with van der Waals surface area (Å²) in [6.07, 6.45) is 6.26. The van der Waals surface area contributed by atoms with Crippen LogP contribution in [0.2, 0.25) is 0 Å². The number of hydrogen-bond acceptors (Lipinski definition) is 7. The lowest BCUT2D eigenvalue weighted by Gasteiger charge is -2.67. The van der Waals surface area contributed by atoms with Crippen LogP contribution in [0.5, 0.6) is 0 Å². The number of ether oxygens (including phenoxy) is 3. The summed E-state index contributed by atoms with van der Waals surface area (Å²) < 4.78 is 19.4. The summed E-state index contributed by atoms with van der Waals surface area (Å²) in [5, 5.41) is 33.7. The summed E-state index contributed by atoms with van der Waals surface area (Å²) in [6.45, 7) is 10.1. The third-order valence-corrected chi connectivity index (χ3v) is 12.9. The molecule has 3 heterocycles. The lowest BCUT2D eigenvalue weighted by molar-refractivity contribution is -0.406. The van der Waals surface area contributed by atoms with Crippen LogP contribution in [0.4, 0.5) is 0 Å². The number of fused-ring (bicyclic) bond motifs is 11. The lowest BCUT2D eigenvalue weighted by Crippen LogP contribution is -2.76. The van der Waals surface area contributed by atoms with Crippen LogP contribution in [0.1, 0.15) is 73.1 Å². The Morgan fingerprint density at radius 2 is 1.74 bits per heavy atom. The number of allylic oxidation sites excluding steroid dienone is 1. The van der Waals surface area contributed by atoms with Gasteiger partial charge in [-0.1, -0.05) is 19.9 Å². The molecular formula is C28H40O7. The van der Waals surface area contributed by atoms with Crippen LogP contribution in [0.15, 0.2) is 12.2 Å². The van der Waals surface area contributed by atoms with Crippen molar-refractivity contribution in [2.45, 2.75) is 120 Å². The Bertz CT molecular complexity index is 1020. The second-order valence-corrected chi connectivity index (χ2v) is 13.8. The van der Waals surface area contributed by atoms with E-state index in [9.17, 15) is 20.1 Å². The molecule has 0 aromatic rings. The predicted octanol–water partition coefficient (Wildman–Crippen LogP) is 2.50. The van der Waals surface area contributed by atoms with Gasteiger partial charge in [-0.2, -0.15) is 0 Å². The number of carbonyl (C=O) groups is 1. The molecule has 0 aromatic carbocycles. The molecular weight excluding hydrogens is 448 g/mol. The fourth-order valence-electron chi connectivity index (χ4n) is 10.4. The Morgan fingerprint density at radius 3 is 2.49 bits per heavy atom. The maximum Gasteiger partial charge on any atom is 0.186 e. The topological polar surface area (TPSA) is 109 Å². The van der Waals surface area contributed by atoms with Gasteiger partial charge in [-0.15, -0.1) is 0 Å². The van der Waals surface area contributed by atoms with Crippen LogP contribution in [0.3, 0.4) is 0 Å². The van der Waals surface area contributed by atoms with E-state index in [1.807, 2.05) is 19.9 Å². The van der Waals surface area contributed by atoms with Crippen LogP contribution in [0.25, 0.3) is 0 Å². The first kappa shape index (κ1) is 23.3. The molecule has 0 aromatic heterocycles. The molecule has 4 aliphatic carbocycles. The van der Waals surface area contributed by atoms with Crippen molar-refractivity contribution in [2.75, 3.05) is 0 Å². The average Bonchev–Trinajstić information content (AvgIpc) is 3.54. The summed E-state index contributed by atoms with van der Waals surface area (Å²) in [7, 11) is 0. The molecule has 3 saturated heterocycles. The predicted molar refractivity (Wildman–Crippen MR) is 125 cm³/mol. The molecule has 0 amide bonds. The molecule has 1 spiro atoms. The summed E-state index contributed by atoms with van der Waals surface area (Å²) in [6, 6.07) is 0. The molecule has 0 radical (unpaired) electrons. The van der Waals surface area contributed by atoms with Gasteiger partial charge in [0, 0.05) is 17.8 Å². The van der Waals surface area contributed by atoms with Crippen LogP contribution in [0, 0.1) is 34.5 Å². The molecule has 7 rings (SSSR count). The molecule has 14 unspecified atom stereocenters. The van der Waals surface area contributed by atoms with E-state index in [1.54, 1.807) is 13.0 Å². The highest BCUT2D eigenvalue weighted by molar-refractivity contribution is 5.97. The first-order chi connectivity index (χ1) is 16.3. The minimum atomic E-state index is -1.51. The molecule has 7 nitrogen and oxygen atoms in total. The molecule has 3 N–H and O–H groups in total. The smallest absolute Gasteiger partial charge is 0.186 e. The maximum atomic E-state index is 13.4. The minimum absolute atomic E-state index is 0.0210. The van der Waals surface area contributed by atoms with Gasteiger partial charge in [-0.3, -0.25) is 4.79 Å². The van der Waals surface area contributed by atoms with E-state index in [0.717, 1.165) is 25.7 Å². The lowest BCUT2D eigenvalue weighted by atomic mass is 9.43. The Hall–Kier alpha value is -0.830. The normalized spacial score (nSPS) is 66.5. The van der Waals surface area contributed by atoms with Crippen molar-refractivity contribution in [1.82, 2.24) is 0 Å². The third kappa shape index (κ3) is 2.31. The van der Waals surface area contributed by atoms with Gasteiger partial charge in [0.2, 0.25) is 0 Å². The first-order valence-corrected chi connectivity index (χ1v) is 13.6. The quantitative estimate of drug-likeness (QED) is 0.450. The standard InChI is InChI=1S/C28H40O7/c1-14-17-13-24(3,26(5,31)22(30)33-17)35-28(14)12-9-15-19-16(8-11-23(15,28)2)25(4)18(29)7-6-10-27(25,32)21-20(19)34-21/h6-7,14-17,19-22,30-32H,8-13H2,1-5H3. The second kappa shape index (κ2) is 6.41. The monoisotopic (exact) mass is 488 g/mol. The van der Waals surface area contributed by atoms with Gasteiger partial charge >= 0.3 is 0 Å². The number of epoxide rings is 1. The van der Waals surface area contributed by atoms with Crippen LogP contribution >= 0.6 is 0 Å². The molecule has 3 saturated carbocycles. The zero-order valence-electron chi connectivity index (χ0n) is 21.5. The SMILES string of the molecule is CC1C2CC(C)(OC13CCC1C4C5OC5C5(O)CC=CC(=O)C5(C)C4CCC13C)C(C)(O)C(O)O2. The number of rotatable bonds is 0. The van der Waals surface area contributed by atoms with Crippen LogP contribution in [-0.4, -0.2) is 68.1 Å². The van der Waals surface area contributed by atoms with E-state index in [2.05, 4.69) is 13.8 Å². The molecule has 7 aliphatic rings. The highest BCUT2D eigenvalue weighted by Gasteiger charge is 2.80. The molecule has 194 valence electrons. The van der Waals surface area contributed by atoms with E-state index in [-0.39, 0.29) is 53.2 Å². The highest BCUT2D eigenvalue weighted by atomic mass is 16.6. The van der Waals surface area contributed by atoms with E-state index < -0.39 is 34.1 Å². The maximum absolute atomic E-state index is 13.4. The van der Waals surface area contributed by atoms with E-state index in [4.69, 9.17) is 14.2 Å². The Balaban J connectivity index is 1.30. The summed E-state index contributed by atoms with van der Waals surface area (Å²) in [4.78, 5) is 13.4. The van der Waals surface area contributed by atoms with Gasteiger partial charge in [-0.05, 0) is 76.7 Å². The van der Waals surface area contributed by atoms with E-state index >= 15 is 0 Å². The average molecular weight is 489 g/mol. The van der Waals surface area contributed by atoms with Gasteiger partial charge < -0.3 is 29.5 Å². The van der Waals surface area contributed by atoms with Gasteiger partial charge in [-0.25, -0.2) is 0 Å². The summed E-state index contributed by atoms with van der Waals surface area (Å²) in [5.41, 5.74) is -5.08. The molecule has 7 heteroatoms. The van der Waals surface area contributed by atoms with Crippen molar-refractivity contribution in [3.05, 3.63) is 12.2 Å². The van der Waals surface area contributed by atoms with Gasteiger partial charge in [0.1, 0.15) is 22.9 Å². The number of hydrogen-bond donors (Lipinski definition) is 3. The van der Waals surface area contributed by atoms with Gasteiger partial charge in [0.05, 0.1) is 23.2 Å². The fraction of sp³-hybridized carbons (Fsp3) is 0.893. The third-order valence-electron chi connectivity index (χ3n) is 12.9. The fourth-order valence-corrected chi connectivity index (χ4v) is 10.4. The van der Waals surface area contributed by atoms with E-state index in [0.29, 0.717) is 12.8 Å². The molecule has 14 atom stereocenters. The first-order valence-electron chi connectivity index (χ1n) is 13.6. The van der Waals surface area contributed by atoms with E-state index in [1.165, 1.54) is 0 Å². The van der Waals surface area contributed by atoms with Crippen molar-refractivity contribution in [1.29, 1.82) is 0 Å². The Kier molecular flexibility index (Phi) is 4.27. The zero-order valence-corrected chi connectivity index (χ0v) is 21.5. The van der Waals surface area contributed by atoms with Crippen LogP contribution in [-0.2, 0) is 19.0 Å². The Morgan fingerprint density at radius 1 is 1.03 bits per heavy atom. The number of aliphatic hydroxyl groups is 3. The van der Waals surface area contributed by atoms with Crippen molar-refractivity contribution < 1.29 is 34.3 Å². The van der Waals surface area contributed by atoms with Gasteiger partial charge in [0.25, 0.3) is 0 Å². The minimum Gasteiger partial charge on any atom is -0.386 e. The zero-order chi connectivity index (χ0) is 25.0. The largest absolute Gasteiger partial charge is 0.386 e. The molecule has 2 bridgehead atoms. The van der Waals surface area contributed by atoms with Crippen molar-refractivity contribution in [3.8, 4) is 0 Å². The summed E-state index contributed by atoms with van der Waals surface area (Å²) in [5.74, 6) is 0.637. The summed E-state index contributed by atoms with van der Waals surface area (Å²) >= 11 is 0. The molecule has 3 aliphatic heterocycles. The highest BCUT2D eigenvalue weighted by Crippen LogP contribution is 2.74.